The van der Waals surface area contributed by atoms with Gasteiger partial charge in [0.05, 0.1) is 17.5 Å². The van der Waals surface area contributed by atoms with Crippen LogP contribution in [-0.4, -0.2) is 33.9 Å². The summed E-state index contributed by atoms with van der Waals surface area (Å²) in [5, 5.41) is 13.0. The Kier molecular flexibility index (Phi) is 3.51. The summed E-state index contributed by atoms with van der Waals surface area (Å²) in [4.78, 5) is 15.2. The average molecular weight is 247 g/mol. The number of nitrogens with one attached hydrogen (secondary N) is 1. The van der Waals surface area contributed by atoms with Crippen LogP contribution in [0.2, 0.25) is 0 Å². The maximum Gasteiger partial charge on any atom is 0.337 e. The molecule has 1 aliphatic heterocycles. The van der Waals surface area contributed by atoms with Crippen LogP contribution in [0.3, 0.4) is 0 Å². The van der Waals surface area contributed by atoms with E-state index in [-0.39, 0.29) is 11.9 Å². The summed E-state index contributed by atoms with van der Waals surface area (Å²) in [6.45, 7) is 5.03. The SMILES string of the molecule is Cc1cc(C)n(NC(=O)N2CCC(C#N)CC2)n1. The molecule has 0 radical (unpaired) electrons. The van der Waals surface area contributed by atoms with E-state index in [2.05, 4.69) is 16.6 Å². The number of nitrogens with zero attached hydrogens (tertiary/aromatic N) is 4. The number of urea groups is 1. The van der Waals surface area contributed by atoms with Crippen LogP contribution in [-0.2, 0) is 0 Å². The standard InChI is InChI=1S/C12H17N5O/c1-9-7-10(2)17(14-9)15-12(18)16-5-3-11(8-13)4-6-16/h7,11H,3-6H2,1-2H3,(H,15,18). The maximum atomic E-state index is 12.0. The van der Waals surface area contributed by atoms with Gasteiger partial charge >= 0.3 is 6.03 Å². The predicted octanol–water partition coefficient (Wildman–Crippen LogP) is 1.40. The zero-order valence-electron chi connectivity index (χ0n) is 10.7. The van der Waals surface area contributed by atoms with Crippen molar-refractivity contribution in [1.29, 1.82) is 5.26 Å². The average Bonchev–Trinajstić information content (AvgIpc) is 2.68. The van der Waals surface area contributed by atoms with Gasteiger partial charge in [0, 0.05) is 19.0 Å². The highest BCUT2D eigenvalue weighted by atomic mass is 16.2. The van der Waals surface area contributed by atoms with Crippen LogP contribution in [0.1, 0.15) is 24.2 Å². The van der Waals surface area contributed by atoms with Gasteiger partial charge in [0.15, 0.2) is 0 Å². The molecule has 0 unspecified atom stereocenters. The van der Waals surface area contributed by atoms with E-state index < -0.39 is 0 Å². The van der Waals surface area contributed by atoms with E-state index in [1.807, 2.05) is 19.9 Å². The maximum absolute atomic E-state index is 12.0. The minimum Gasteiger partial charge on any atom is -0.323 e. The predicted molar refractivity (Wildman–Crippen MR) is 66.4 cm³/mol. The van der Waals surface area contributed by atoms with Crippen molar-refractivity contribution in [2.75, 3.05) is 18.5 Å². The molecule has 1 aromatic rings. The summed E-state index contributed by atoms with van der Waals surface area (Å²) in [6.07, 6.45) is 1.50. The molecule has 1 aliphatic rings. The van der Waals surface area contributed by atoms with Crippen molar-refractivity contribution >= 4 is 6.03 Å². The summed E-state index contributed by atoms with van der Waals surface area (Å²) < 4.78 is 0. The molecule has 0 atom stereocenters. The Morgan fingerprint density at radius 3 is 2.67 bits per heavy atom. The minimum atomic E-state index is -0.155. The molecule has 2 amide bonds. The van der Waals surface area contributed by atoms with Crippen molar-refractivity contribution in [1.82, 2.24) is 14.8 Å². The number of carbonyl (C=O) groups is 1. The van der Waals surface area contributed by atoms with Crippen molar-refractivity contribution in [3.8, 4) is 6.07 Å². The summed E-state index contributed by atoms with van der Waals surface area (Å²) in [5.41, 5.74) is 4.51. The lowest BCUT2D eigenvalue weighted by Gasteiger charge is -2.29. The molecular formula is C12H17N5O. The van der Waals surface area contributed by atoms with Crippen molar-refractivity contribution in [3.05, 3.63) is 17.5 Å². The molecule has 2 heterocycles. The normalized spacial score (nSPS) is 16.4. The van der Waals surface area contributed by atoms with Gasteiger partial charge in [-0.15, -0.1) is 0 Å². The van der Waals surface area contributed by atoms with Crippen LogP contribution in [0.4, 0.5) is 4.79 Å². The van der Waals surface area contributed by atoms with Crippen LogP contribution in [0, 0.1) is 31.1 Å². The topological polar surface area (TPSA) is 74.0 Å². The van der Waals surface area contributed by atoms with E-state index >= 15 is 0 Å². The highest BCUT2D eigenvalue weighted by Gasteiger charge is 2.22. The number of aromatic nitrogens is 2. The van der Waals surface area contributed by atoms with E-state index in [0.717, 1.165) is 24.2 Å². The monoisotopic (exact) mass is 247 g/mol. The smallest absolute Gasteiger partial charge is 0.323 e. The number of carbonyl (C=O) groups excluding carboxylic acids is 1. The fourth-order valence-corrected chi connectivity index (χ4v) is 2.12. The molecule has 1 N–H and O–H groups in total. The lowest BCUT2D eigenvalue weighted by molar-refractivity contribution is 0.188. The van der Waals surface area contributed by atoms with Gasteiger partial charge in [-0.05, 0) is 32.8 Å². The molecule has 0 aromatic carbocycles. The lowest BCUT2D eigenvalue weighted by atomic mass is 9.99. The van der Waals surface area contributed by atoms with Crippen molar-refractivity contribution < 1.29 is 4.79 Å². The van der Waals surface area contributed by atoms with E-state index in [9.17, 15) is 4.79 Å². The number of rotatable bonds is 1. The van der Waals surface area contributed by atoms with E-state index in [1.165, 1.54) is 4.79 Å². The Morgan fingerprint density at radius 2 is 2.17 bits per heavy atom. The number of amides is 2. The molecule has 96 valence electrons. The first kappa shape index (κ1) is 12.4. The van der Waals surface area contributed by atoms with Crippen molar-refractivity contribution in [2.24, 2.45) is 5.92 Å². The molecule has 0 bridgehead atoms. The summed E-state index contributed by atoms with van der Waals surface area (Å²) in [5.74, 6) is 0.0859. The van der Waals surface area contributed by atoms with Gasteiger partial charge in [-0.3, -0.25) is 0 Å². The quantitative estimate of drug-likeness (QED) is 0.815. The van der Waals surface area contributed by atoms with E-state index in [0.29, 0.717) is 13.1 Å². The summed E-state index contributed by atoms with van der Waals surface area (Å²) >= 11 is 0. The molecule has 0 aliphatic carbocycles. The number of hydrogen-bond acceptors (Lipinski definition) is 3. The first-order chi connectivity index (χ1) is 8.60. The fourth-order valence-electron chi connectivity index (χ4n) is 2.12. The lowest BCUT2D eigenvalue weighted by Crippen LogP contribution is -2.43. The van der Waals surface area contributed by atoms with Crippen LogP contribution in [0.15, 0.2) is 6.07 Å². The highest BCUT2D eigenvalue weighted by molar-refractivity contribution is 5.82. The molecule has 0 saturated carbocycles. The molecule has 6 nitrogen and oxygen atoms in total. The Bertz CT molecular complexity index is 479. The third kappa shape index (κ3) is 2.62. The van der Waals surface area contributed by atoms with Gasteiger partial charge in [-0.1, -0.05) is 0 Å². The Labute approximate surface area is 106 Å². The fraction of sp³-hybridized carbons (Fsp3) is 0.583. The number of likely N-dealkylation sites (tertiary alicyclic amines) is 1. The van der Waals surface area contributed by atoms with Crippen molar-refractivity contribution in [3.63, 3.8) is 0 Å². The molecular weight excluding hydrogens is 230 g/mol. The second-order valence-electron chi connectivity index (χ2n) is 4.65. The molecule has 1 saturated heterocycles. The van der Waals surface area contributed by atoms with Gasteiger partial charge in [0.1, 0.15) is 0 Å². The van der Waals surface area contributed by atoms with Gasteiger partial charge < -0.3 is 4.90 Å². The third-order valence-electron chi connectivity index (χ3n) is 3.18. The second-order valence-corrected chi connectivity index (χ2v) is 4.65. The van der Waals surface area contributed by atoms with Crippen LogP contribution < -0.4 is 5.43 Å². The first-order valence-electron chi connectivity index (χ1n) is 6.09. The molecule has 6 heteroatoms. The van der Waals surface area contributed by atoms with Crippen LogP contribution >= 0.6 is 0 Å². The Balaban J connectivity index is 1.93. The first-order valence-corrected chi connectivity index (χ1v) is 6.09. The summed E-state index contributed by atoms with van der Waals surface area (Å²) in [6, 6.07) is 4.00. The zero-order chi connectivity index (χ0) is 13.1. The van der Waals surface area contributed by atoms with Gasteiger partial charge in [-0.2, -0.15) is 15.2 Å². The molecule has 1 aromatic heterocycles. The largest absolute Gasteiger partial charge is 0.337 e. The van der Waals surface area contributed by atoms with Gasteiger partial charge in [0.2, 0.25) is 0 Å². The number of aryl methyl sites for hydroxylation is 2. The van der Waals surface area contributed by atoms with Gasteiger partial charge in [-0.25, -0.2) is 10.2 Å². The zero-order valence-corrected chi connectivity index (χ0v) is 10.7. The Hall–Kier alpha value is -2.03. The van der Waals surface area contributed by atoms with Gasteiger partial charge in [0.25, 0.3) is 0 Å². The van der Waals surface area contributed by atoms with Crippen LogP contribution in [0.5, 0.6) is 0 Å². The molecule has 2 rings (SSSR count). The molecule has 18 heavy (non-hydrogen) atoms. The highest BCUT2D eigenvalue weighted by Crippen LogP contribution is 2.16. The van der Waals surface area contributed by atoms with E-state index in [1.54, 1.807) is 4.90 Å². The molecule has 0 spiro atoms. The second kappa shape index (κ2) is 5.08. The van der Waals surface area contributed by atoms with Crippen molar-refractivity contribution in [2.45, 2.75) is 26.7 Å². The third-order valence-corrected chi connectivity index (χ3v) is 3.18. The van der Waals surface area contributed by atoms with E-state index in [4.69, 9.17) is 5.26 Å². The minimum absolute atomic E-state index is 0.0859. The number of hydrogen-bond donors (Lipinski definition) is 1. The Morgan fingerprint density at radius 1 is 1.50 bits per heavy atom. The summed E-state index contributed by atoms with van der Waals surface area (Å²) in [7, 11) is 0. The molecule has 1 fully saturated rings. The van der Waals surface area contributed by atoms with Crippen LogP contribution in [0.25, 0.3) is 0 Å². The number of nitriles is 1. The number of piperidine rings is 1.